The lowest BCUT2D eigenvalue weighted by atomic mass is 10.1. The van der Waals surface area contributed by atoms with Crippen molar-refractivity contribution in [3.05, 3.63) is 48.3 Å². The third-order valence-electron chi connectivity index (χ3n) is 2.20. The van der Waals surface area contributed by atoms with Crippen LogP contribution in [0.2, 0.25) is 0 Å². The third-order valence-corrected chi connectivity index (χ3v) is 2.20. The second-order valence-electron chi connectivity index (χ2n) is 3.25. The summed E-state index contributed by atoms with van der Waals surface area (Å²) in [5.41, 5.74) is 1.30. The Bertz CT molecular complexity index is 520. The number of aromatic hydroxyl groups is 1. The molecule has 0 radical (unpaired) electrons. The number of pyridine rings is 1. The van der Waals surface area contributed by atoms with E-state index >= 15 is 0 Å². The predicted octanol–water partition coefficient (Wildman–Crippen LogP) is 2.15. The highest BCUT2D eigenvalue weighted by atomic mass is 16.4. The Balaban J connectivity index is 2.43. The van der Waals surface area contributed by atoms with Crippen molar-refractivity contribution in [3.8, 4) is 16.9 Å². The van der Waals surface area contributed by atoms with Crippen LogP contribution in [0.3, 0.4) is 0 Å². The second kappa shape index (κ2) is 4.02. The Morgan fingerprint density at radius 1 is 1.12 bits per heavy atom. The second-order valence-corrected chi connectivity index (χ2v) is 3.25. The lowest BCUT2D eigenvalue weighted by molar-refractivity contribution is 0.0690. The molecule has 0 aliphatic rings. The lowest BCUT2D eigenvalue weighted by Crippen LogP contribution is -1.99. The van der Waals surface area contributed by atoms with Gasteiger partial charge in [-0.1, -0.05) is 24.3 Å². The summed E-state index contributed by atoms with van der Waals surface area (Å²) < 4.78 is 0. The van der Waals surface area contributed by atoms with Gasteiger partial charge in [-0.3, -0.25) is 0 Å². The molecule has 2 aromatic rings. The first-order valence-corrected chi connectivity index (χ1v) is 4.66. The molecule has 0 unspecified atom stereocenters. The van der Waals surface area contributed by atoms with Crippen molar-refractivity contribution in [2.24, 2.45) is 0 Å². The van der Waals surface area contributed by atoms with Gasteiger partial charge in [0, 0.05) is 17.3 Å². The first-order chi connectivity index (χ1) is 7.68. The van der Waals surface area contributed by atoms with E-state index in [0.29, 0.717) is 11.1 Å². The summed E-state index contributed by atoms with van der Waals surface area (Å²) in [5, 5.41) is 18.3. The van der Waals surface area contributed by atoms with Gasteiger partial charge >= 0.3 is 5.97 Å². The number of nitrogens with zero attached hydrogens (tertiary/aromatic N) is 1. The van der Waals surface area contributed by atoms with Crippen molar-refractivity contribution >= 4 is 5.97 Å². The maximum Gasteiger partial charge on any atom is 0.354 e. The number of benzene rings is 1. The van der Waals surface area contributed by atoms with E-state index in [1.807, 2.05) is 0 Å². The number of phenolic OH excluding ortho intramolecular Hbond substituents is 1. The quantitative estimate of drug-likeness (QED) is 0.805. The third kappa shape index (κ3) is 1.86. The Kier molecular flexibility index (Phi) is 2.55. The van der Waals surface area contributed by atoms with Crippen molar-refractivity contribution in [1.29, 1.82) is 0 Å². The van der Waals surface area contributed by atoms with E-state index in [-0.39, 0.29) is 11.4 Å². The molecule has 2 rings (SSSR count). The van der Waals surface area contributed by atoms with Crippen LogP contribution in [0.15, 0.2) is 42.6 Å². The van der Waals surface area contributed by atoms with Gasteiger partial charge in [0.1, 0.15) is 11.4 Å². The van der Waals surface area contributed by atoms with Gasteiger partial charge in [-0.15, -0.1) is 0 Å². The number of aromatic carboxylic acids is 1. The fourth-order valence-electron chi connectivity index (χ4n) is 1.40. The summed E-state index contributed by atoms with van der Waals surface area (Å²) in [6, 6.07) is 9.85. The number of phenols is 1. The van der Waals surface area contributed by atoms with Gasteiger partial charge in [-0.25, -0.2) is 9.78 Å². The highest BCUT2D eigenvalue weighted by Gasteiger charge is 2.06. The van der Waals surface area contributed by atoms with Crippen molar-refractivity contribution in [1.82, 2.24) is 4.98 Å². The number of aromatic nitrogens is 1. The maximum absolute atomic E-state index is 10.6. The van der Waals surface area contributed by atoms with E-state index in [4.69, 9.17) is 5.11 Å². The van der Waals surface area contributed by atoms with Crippen molar-refractivity contribution in [2.45, 2.75) is 0 Å². The zero-order valence-corrected chi connectivity index (χ0v) is 8.29. The van der Waals surface area contributed by atoms with Crippen LogP contribution in [0.25, 0.3) is 11.1 Å². The van der Waals surface area contributed by atoms with Crippen molar-refractivity contribution in [3.63, 3.8) is 0 Å². The van der Waals surface area contributed by atoms with Gasteiger partial charge in [0.2, 0.25) is 0 Å². The van der Waals surface area contributed by atoms with Crippen molar-refractivity contribution < 1.29 is 15.0 Å². The molecule has 0 saturated carbocycles. The molecule has 80 valence electrons. The number of hydrogen-bond donors (Lipinski definition) is 2. The van der Waals surface area contributed by atoms with E-state index in [0.717, 1.165) is 0 Å². The van der Waals surface area contributed by atoms with E-state index in [1.165, 1.54) is 12.3 Å². The molecular weight excluding hydrogens is 206 g/mol. The number of carboxylic acids is 1. The van der Waals surface area contributed by atoms with Crippen molar-refractivity contribution in [2.75, 3.05) is 0 Å². The minimum Gasteiger partial charge on any atom is -0.507 e. The lowest BCUT2D eigenvalue weighted by Gasteiger charge is -2.03. The van der Waals surface area contributed by atoms with Crippen LogP contribution < -0.4 is 0 Å². The molecule has 0 saturated heterocycles. The fraction of sp³-hybridized carbons (Fsp3) is 0. The molecule has 0 atom stereocenters. The van der Waals surface area contributed by atoms with Gasteiger partial charge in [0.15, 0.2) is 0 Å². The van der Waals surface area contributed by atoms with Crippen LogP contribution in [-0.2, 0) is 0 Å². The largest absolute Gasteiger partial charge is 0.507 e. The predicted molar refractivity (Wildman–Crippen MR) is 58.3 cm³/mol. The monoisotopic (exact) mass is 215 g/mol. The molecule has 1 aromatic carbocycles. The van der Waals surface area contributed by atoms with Gasteiger partial charge in [-0.05, 0) is 12.1 Å². The SMILES string of the molecule is O=C(O)c1ccc(-c2ccccc2O)cn1. The minimum atomic E-state index is -1.07. The molecular formula is C12H9NO3. The maximum atomic E-state index is 10.6. The summed E-state index contributed by atoms with van der Waals surface area (Å²) >= 11 is 0. The Labute approximate surface area is 91.8 Å². The van der Waals surface area contributed by atoms with Crippen LogP contribution >= 0.6 is 0 Å². The zero-order chi connectivity index (χ0) is 11.5. The van der Waals surface area contributed by atoms with Crippen LogP contribution in [0.1, 0.15) is 10.5 Å². The first-order valence-electron chi connectivity index (χ1n) is 4.66. The Hall–Kier alpha value is -2.36. The van der Waals surface area contributed by atoms with Crippen LogP contribution in [0, 0.1) is 0 Å². The number of carbonyl (C=O) groups is 1. The topological polar surface area (TPSA) is 70.4 Å². The smallest absolute Gasteiger partial charge is 0.354 e. The molecule has 0 aliphatic heterocycles. The summed E-state index contributed by atoms with van der Waals surface area (Å²) in [6.07, 6.45) is 1.43. The molecule has 4 heteroatoms. The van der Waals surface area contributed by atoms with Gasteiger partial charge in [0.05, 0.1) is 0 Å². The summed E-state index contributed by atoms with van der Waals surface area (Å²) in [5.74, 6) is -0.920. The molecule has 0 aliphatic carbocycles. The molecule has 0 amide bonds. The normalized spacial score (nSPS) is 10.0. The van der Waals surface area contributed by atoms with Gasteiger partial charge in [-0.2, -0.15) is 0 Å². The average molecular weight is 215 g/mol. The molecule has 2 N–H and O–H groups in total. The van der Waals surface area contributed by atoms with Crippen LogP contribution in [0.4, 0.5) is 0 Å². The Morgan fingerprint density at radius 2 is 1.88 bits per heavy atom. The average Bonchev–Trinajstić information content (AvgIpc) is 2.30. The summed E-state index contributed by atoms with van der Waals surface area (Å²) in [4.78, 5) is 14.4. The molecule has 0 spiro atoms. The molecule has 0 bridgehead atoms. The van der Waals surface area contributed by atoms with E-state index in [9.17, 15) is 9.90 Å². The number of rotatable bonds is 2. The number of carboxylic acid groups (broad SMARTS) is 1. The van der Waals surface area contributed by atoms with E-state index in [1.54, 1.807) is 30.3 Å². The molecule has 0 fully saturated rings. The first kappa shape index (κ1) is 10.2. The minimum absolute atomic E-state index is 0.0147. The zero-order valence-electron chi connectivity index (χ0n) is 8.29. The molecule has 16 heavy (non-hydrogen) atoms. The fourth-order valence-corrected chi connectivity index (χ4v) is 1.40. The standard InChI is InChI=1S/C12H9NO3/c14-11-4-2-1-3-9(11)8-5-6-10(12(15)16)13-7-8/h1-7,14H,(H,15,16). The molecule has 1 aromatic heterocycles. The van der Waals surface area contributed by atoms with E-state index in [2.05, 4.69) is 4.98 Å². The number of para-hydroxylation sites is 1. The van der Waals surface area contributed by atoms with E-state index < -0.39 is 5.97 Å². The summed E-state index contributed by atoms with van der Waals surface area (Å²) in [6.45, 7) is 0. The highest BCUT2D eigenvalue weighted by molar-refractivity contribution is 5.85. The number of hydrogen-bond acceptors (Lipinski definition) is 3. The van der Waals surface area contributed by atoms with Crippen LogP contribution in [0.5, 0.6) is 5.75 Å². The molecule has 4 nitrogen and oxygen atoms in total. The van der Waals surface area contributed by atoms with Gasteiger partial charge in [0.25, 0.3) is 0 Å². The highest BCUT2D eigenvalue weighted by Crippen LogP contribution is 2.27. The Morgan fingerprint density at radius 3 is 2.44 bits per heavy atom. The molecule has 1 heterocycles. The van der Waals surface area contributed by atoms with Gasteiger partial charge < -0.3 is 10.2 Å². The van der Waals surface area contributed by atoms with Crippen LogP contribution in [-0.4, -0.2) is 21.2 Å². The summed E-state index contributed by atoms with van der Waals surface area (Å²) in [7, 11) is 0.